The van der Waals surface area contributed by atoms with Crippen LogP contribution in [0.3, 0.4) is 0 Å². The highest BCUT2D eigenvalue weighted by molar-refractivity contribution is 5.73. The molecular formula is C13H15NO4. The van der Waals surface area contributed by atoms with Crippen LogP contribution >= 0.6 is 0 Å². The summed E-state index contributed by atoms with van der Waals surface area (Å²) in [5.41, 5.74) is 1.46. The molecule has 0 atom stereocenters. The minimum absolute atomic E-state index is 0.0302. The van der Waals surface area contributed by atoms with E-state index in [1.807, 2.05) is 6.07 Å². The molecule has 0 spiro atoms. The van der Waals surface area contributed by atoms with Gasteiger partial charge >= 0.3 is 5.97 Å². The number of rotatable bonds is 5. The molecular weight excluding hydrogens is 234 g/mol. The summed E-state index contributed by atoms with van der Waals surface area (Å²) >= 11 is 0. The Kier molecular flexibility index (Phi) is 5.15. The Morgan fingerprint density at radius 1 is 1.44 bits per heavy atom. The van der Waals surface area contributed by atoms with Crippen LogP contribution in [-0.4, -0.2) is 24.8 Å². The number of esters is 1. The third kappa shape index (κ3) is 3.22. The number of aliphatic hydroxyl groups is 1. The Bertz CT molecular complexity index is 477. The Labute approximate surface area is 106 Å². The van der Waals surface area contributed by atoms with Crippen LogP contribution in [0.5, 0.6) is 5.75 Å². The zero-order valence-electron chi connectivity index (χ0n) is 10.4. The third-order valence-corrected chi connectivity index (χ3v) is 2.45. The highest BCUT2D eigenvalue weighted by atomic mass is 16.5. The van der Waals surface area contributed by atoms with Crippen LogP contribution in [0, 0.1) is 11.3 Å². The van der Waals surface area contributed by atoms with Crippen molar-refractivity contribution in [1.82, 2.24) is 0 Å². The SMILES string of the molecule is CCOC(=O)Cc1cc(C#N)c(OC)cc1CO. The van der Waals surface area contributed by atoms with Crippen LogP contribution in [0.1, 0.15) is 23.6 Å². The van der Waals surface area contributed by atoms with Crippen LogP contribution < -0.4 is 4.74 Å². The van der Waals surface area contributed by atoms with Crippen molar-refractivity contribution in [2.75, 3.05) is 13.7 Å². The van der Waals surface area contributed by atoms with Crippen molar-refractivity contribution in [2.24, 2.45) is 0 Å². The molecule has 18 heavy (non-hydrogen) atoms. The lowest BCUT2D eigenvalue weighted by atomic mass is 10.0. The number of hydrogen-bond donors (Lipinski definition) is 1. The Balaban J connectivity index is 3.10. The lowest BCUT2D eigenvalue weighted by Crippen LogP contribution is -2.10. The summed E-state index contributed by atoms with van der Waals surface area (Å²) in [4.78, 5) is 11.4. The smallest absolute Gasteiger partial charge is 0.310 e. The van der Waals surface area contributed by atoms with E-state index in [1.165, 1.54) is 7.11 Å². The second-order valence-corrected chi connectivity index (χ2v) is 3.57. The topological polar surface area (TPSA) is 79.6 Å². The Hall–Kier alpha value is -2.06. The van der Waals surface area contributed by atoms with E-state index in [1.54, 1.807) is 19.1 Å². The molecule has 0 unspecified atom stereocenters. The minimum atomic E-state index is -0.388. The molecule has 0 radical (unpaired) electrons. The fourth-order valence-electron chi connectivity index (χ4n) is 1.60. The Morgan fingerprint density at radius 2 is 2.17 bits per heavy atom. The molecule has 1 aromatic carbocycles. The van der Waals surface area contributed by atoms with Gasteiger partial charge in [0.25, 0.3) is 0 Å². The van der Waals surface area contributed by atoms with Gasteiger partial charge in [0.15, 0.2) is 0 Å². The number of nitrogens with zero attached hydrogens (tertiary/aromatic N) is 1. The molecule has 1 rings (SSSR count). The first kappa shape index (κ1) is 14.0. The van der Waals surface area contributed by atoms with Gasteiger partial charge in [0.1, 0.15) is 11.8 Å². The molecule has 5 nitrogen and oxygen atoms in total. The molecule has 0 bridgehead atoms. The number of benzene rings is 1. The van der Waals surface area contributed by atoms with Gasteiger partial charge in [0.05, 0.1) is 32.3 Å². The monoisotopic (exact) mass is 249 g/mol. The first-order valence-corrected chi connectivity index (χ1v) is 5.52. The average Bonchev–Trinajstić information content (AvgIpc) is 2.38. The number of hydrogen-bond acceptors (Lipinski definition) is 5. The highest BCUT2D eigenvalue weighted by Crippen LogP contribution is 2.24. The summed E-state index contributed by atoms with van der Waals surface area (Å²) in [6, 6.07) is 5.09. The minimum Gasteiger partial charge on any atom is -0.495 e. The van der Waals surface area contributed by atoms with Gasteiger partial charge in [0, 0.05) is 0 Å². The summed E-state index contributed by atoms with van der Waals surface area (Å²) in [6.45, 7) is 1.80. The summed E-state index contributed by atoms with van der Waals surface area (Å²) in [6.07, 6.45) is 0.0302. The molecule has 0 amide bonds. The molecule has 96 valence electrons. The van der Waals surface area contributed by atoms with E-state index in [-0.39, 0.29) is 19.0 Å². The predicted molar refractivity (Wildman–Crippen MR) is 64.0 cm³/mol. The third-order valence-electron chi connectivity index (χ3n) is 2.45. The lowest BCUT2D eigenvalue weighted by Gasteiger charge is -2.11. The van der Waals surface area contributed by atoms with E-state index in [4.69, 9.17) is 14.7 Å². The zero-order chi connectivity index (χ0) is 13.5. The van der Waals surface area contributed by atoms with E-state index >= 15 is 0 Å². The molecule has 0 aromatic heterocycles. The summed E-state index contributed by atoms with van der Waals surface area (Å²) in [7, 11) is 1.45. The van der Waals surface area contributed by atoms with Crippen molar-refractivity contribution in [2.45, 2.75) is 20.0 Å². The maximum atomic E-state index is 11.4. The van der Waals surface area contributed by atoms with Gasteiger partial charge in [-0.15, -0.1) is 0 Å². The number of carbonyl (C=O) groups is 1. The second-order valence-electron chi connectivity index (χ2n) is 3.57. The first-order valence-electron chi connectivity index (χ1n) is 5.52. The average molecular weight is 249 g/mol. The number of carbonyl (C=O) groups excluding carboxylic acids is 1. The summed E-state index contributed by atoms with van der Waals surface area (Å²) < 4.78 is 9.88. The van der Waals surface area contributed by atoms with Crippen LogP contribution in [0.25, 0.3) is 0 Å². The van der Waals surface area contributed by atoms with Gasteiger partial charge in [-0.25, -0.2) is 0 Å². The molecule has 1 aromatic rings. The fourth-order valence-corrected chi connectivity index (χ4v) is 1.60. The molecule has 0 fully saturated rings. The molecule has 5 heteroatoms. The molecule has 0 aliphatic rings. The molecule has 0 aliphatic carbocycles. The van der Waals surface area contributed by atoms with Crippen molar-refractivity contribution in [3.05, 3.63) is 28.8 Å². The van der Waals surface area contributed by atoms with E-state index in [2.05, 4.69) is 0 Å². The fraction of sp³-hybridized carbons (Fsp3) is 0.385. The number of ether oxygens (including phenoxy) is 2. The number of methoxy groups -OCH3 is 1. The zero-order valence-corrected chi connectivity index (χ0v) is 10.4. The molecule has 0 saturated heterocycles. The highest BCUT2D eigenvalue weighted by Gasteiger charge is 2.13. The second kappa shape index (κ2) is 6.62. The standard InChI is InChI=1S/C13H15NO4/c1-3-18-13(16)6-9-4-10(7-14)12(17-2)5-11(9)8-15/h4-5,15H,3,6,8H2,1-2H3. The predicted octanol–water partition coefficient (Wildman–Crippen LogP) is 1.16. The normalized spacial score (nSPS) is 9.67. The summed E-state index contributed by atoms with van der Waals surface area (Å²) in [5.74, 6) is -0.00424. The van der Waals surface area contributed by atoms with Crippen molar-refractivity contribution >= 4 is 5.97 Å². The number of aliphatic hydroxyl groups excluding tert-OH is 1. The lowest BCUT2D eigenvalue weighted by molar-refractivity contribution is -0.142. The van der Waals surface area contributed by atoms with E-state index in [9.17, 15) is 9.90 Å². The van der Waals surface area contributed by atoms with E-state index < -0.39 is 0 Å². The Morgan fingerprint density at radius 3 is 2.67 bits per heavy atom. The largest absolute Gasteiger partial charge is 0.495 e. The van der Waals surface area contributed by atoms with Crippen LogP contribution in [-0.2, 0) is 22.6 Å². The molecule has 1 N–H and O–H groups in total. The van der Waals surface area contributed by atoms with Gasteiger partial charge in [-0.3, -0.25) is 4.79 Å². The van der Waals surface area contributed by atoms with Crippen molar-refractivity contribution in [3.63, 3.8) is 0 Å². The molecule has 0 heterocycles. The van der Waals surface area contributed by atoms with Crippen molar-refractivity contribution in [1.29, 1.82) is 5.26 Å². The van der Waals surface area contributed by atoms with Crippen molar-refractivity contribution < 1.29 is 19.4 Å². The quantitative estimate of drug-likeness (QED) is 0.792. The first-order chi connectivity index (χ1) is 8.65. The van der Waals surface area contributed by atoms with Crippen LogP contribution in [0.15, 0.2) is 12.1 Å². The van der Waals surface area contributed by atoms with Gasteiger partial charge in [-0.2, -0.15) is 5.26 Å². The maximum absolute atomic E-state index is 11.4. The molecule has 0 aliphatic heterocycles. The van der Waals surface area contributed by atoms with Gasteiger partial charge in [-0.1, -0.05) is 0 Å². The van der Waals surface area contributed by atoms with Crippen LogP contribution in [0.4, 0.5) is 0 Å². The van der Waals surface area contributed by atoms with E-state index in [0.29, 0.717) is 29.0 Å². The van der Waals surface area contributed by atoms with Crippen molar-refractivity contribution in [3.8, 4) is 11.8 Å². The maximum Gasteiger partial charge on any atom is 0.310 e. The van der Waals surface area contributed by atoms with Gasteiger partial charge in [-0.05, 0) is 30.2 Å². The van der Waals surface area contributed by atoms with Gasteiger partial charge in [0.2, 0.25) is 0 Å². The molecule has 0 saturated carbocycles. The van der Waals surface area contributed by atoms with Gasteiger partial charge < -0.3 is 14.6 Å². The summed E-state index contributed by atoms with van der Waals surface area (Å²) in [5, 5.41) is 18.2. The number of nitriles is 1. The van der Waals surface area contributed by atoms with Crippen LogP contribution in [0.2, 0.25) is 0 Å². The van der Waals surface area contributed by atoms with E-state index in [0.717, 1.165) is 0 Å².